The van der Waals surface area contributed by atoms with Crippen LogP contribution in [0.1, 0.15) is 46.4 Å². The highest BCUT2D eigenvalue weighted by Gasteiger charge is 2.65. The molecule has 35 heavy (non-hydrogen) atoms. The lowest BCUT2D eigenvalue weighted by Crippen LogP contribution is -2.54. The number of aryl methyl sites for hydroxylation is 1. The number of carbonyl (C=O) groups is 1. The molecule has 1 atom stereocenters. The van der Waals surface area contributed by atoms with E-state index in [9.17, 15) is 41.0 Å². The Labute approximate surface area is 193 Å². The number of carbonyl (C=O) groups excluding carboxylic acids is 1. The average Bonchev–Trinajstić information content (AvgIpc) is 3.55. The van der Waals surface area contributed by atoms with Crippen molar-refractivity contribution in [3.8, 4) is 0 Å². The number of ketones is 1. The number of nitrogens with two attached hydrogens (primary N) is 1. The van der Waals surface area contributed by atoms with E-state index in [1.807, 2.05) is 0 Å². The zero-order valence-electron chi connectivity index (χ0n) is 18.0. The number of benzene rings is 2. The van der Waals surface area contributed by atoms with Gasteiger partial charge in [0.2, 0.25) is 11.4 Å². The fraction of sp³-hybridized carbons (Fsp3) is 0.348. The number of rotatable bonds is 5. The molecule has 6 nitrogen and oxygen atoms in total. The fourth-order valence-corrected chi connectivity index (χ4v) is 4.49. The summed E-state index contributed by atoms with van der Waals surface area (Å²) < 4.78 is 87.9. The minimum absolute atomic E-state index is 0.0140. The number of hydrogen-bond acceptors (Lipinski definition) is 6. The number of nitrogens with zero attached hydrogens (tertiary/aromatic N) is 1. The average molecular weight is 500 g/mol. The van der Waals surface area contributed by atoms with E-state index in [1.54, 1.807) is 0 Å². The maximum Gasteiger partial charge on any atom is 0.424 e. The summed E-state index contributed by atoms with van der Waals surface area (Å²) in [6, 6.07) is 6.01. The van der Waals surface area contributed by atoms with Crippen molar-refractivity contribution in [2.24, 2.45) is 0 Å². The smallest absolute Gasteiger partial charge is 0.398 e. The third-order valence-corrected chi connectivity index (χ3v) is 6.43. The Hall–Kier alpha value is -3.41. The van der Waals surface area contributed by atoms with E-state index in [4.69, 9.17) is 5.73 Å². The van der Waals surface area contributed by atoms with Gasteiger partial charge < -0.3 is 15.4 Å². The molecule has 4 rings (SSSR count). The molecule has 1 unspecified atom stereocenters. The van der Waals surface area contributed by atoms with Gasteiger partial charge in [-0.1, -0.05) is 23.4 Å². The SMILES string of the molecule is Cc1noc(=O)c2ccc(C(=O)C(O)(CC3(c4ccccc4C(F)(F)F)CC3)C(F)(F)F)c(N)c12. The number of alkyl halides is 6. The van der Waals surface area contributed by atoms with E-state index in [0.717, 1.165) is 30.3 Å². The van der Waals surface area contributed by atoms with Crippen LogP contribution in [-0.4, -0.2) is 27.8 Å². The number of halogens is 6. The Morgan fingerprint density at radius 2 is 1.74 bits per heavy atom. The first-order chi connectivity index (χ1) is 16.1. The van der Waals surface area contributed by atoms with E-state index in [0.29, 0.717) is 0 Å². The van der Waals surface area contributed by atoms with Gasteiger partial charge in [0.05, 0.1) is 22.3 Å². The molecule has 186 valence electrons. The minimum Gasteiger partial charge on any atom is -0.398 e. The maximum atomic E-state index is 14.2. The summed E-state index contributed by atoms with van der Waals surface area (Å²) in [7, 11) is 0. The third-order valence-electron chi connectivity index (χ3n) is 6.43. The van der Waals surface area contributed by atoms with Crippen molar-refractivity contribution in [3.05, 3.63) is 69.2 Å². The Bertz CT molecular complexity index is 1390. The largest absolute Gasteiger partial charge is 0.424 e. The lowest BCUT2D eigenvalue weighted by molar-refractivity contribution is -0.241. The molecule has 1 aliphatic rings. The normalized spacial score (nSPS) is 17.3. The predicted octanol–water partition coefficient (Wildman–Crippen LogP) is 4.70. The van der Waals surface area contributed by atoms with Gasteiger partial charge in [0, 0.05) is 17.4 Å². The van der Waals surface area contributed by atoms with Crippen LogP contribution in [0.4, 0.5) is 32.0 Å². The van der Waals surface area contributed by atoms with Crippen LogP contribution in [0.3, 0.4) is 0 Å². The second-order valence-corrected chi connectivity index (χ2v) is 8.69. The van der Waals surface area contributed by atoms with Gasteiger partial charge in [-0.25, -0.2) is 4.79 Å². The van der Waals surface area contributed by atoms with Crippen LogP contribution in [0.15, 0.2) is 45.7 Å². The predicted molar refractivity (Wildman–Crippen MR) is 112 cm³/mol. The number of aliphatic hydroxyl groups is 1. The van der Waals surface area contributed by atoms with Gasteiger partial charge in [-0.2, -0.15) is 26.3 Å². The van der Waals surface area contributed by atoms with Gasteiger partial charge in [0.1, 0.15) is 0 Å². The quantitative estimate of drug-likeness (QED) is 0.299. The number of aromatic nitrogens is 1. The molecule has 0 aliphatic heterocycles. The molecule has 1 saturated carbocycles. The van der Waals surface area contributed by atoms with E-state index < -0.39 is 63.6 Å². The Kier molecular flexibility index (Phi) is 5.51. The maximum absolute atomic E-state index is 14.2. The van der Waals surface area contributed by atoms with Gasteiger partial charge in [0.15, 0.2) is 0 Å². The molecule has 1 aromatic heterocycles. The highest BCUT2D eigenvalue weighted by Crippen LogP contribution is 2.58. The molecule has 1 fully saturated rings. The van der Waals surface area contributed by atoms with Gasteiger partial charge >= 0.3 is 18.0 Å². The van der Waals surface area contributed by atoms with Gasteiger partial charge in [0.25, 0.3) is 0 Å². The first kappa shape index (κ1) is 24.7. The lowest BCUT2D eigenvalue weighted by atomic mass is 9.77. The summed E-state index contributed by atoms with van der Waals surface area (Å²) in [5, 5.41) is 14.0. The second-order valence-electron chi connectivity index (χ2n) is 8.69. The molecular weight excluding hydrogens is 482 g/mol. The van der Waals surface area contributed by atoms with Gasteiger partial charge in [-0.15, -0.1) is 0 Å². The van der Waals surface area contributed by atoms with Crippen LogP contribution >= 0.6 is 0 Å². The zero-order valence-corrected chi connectivity index (χ0v) is 18.0. The minimum atomic E-state index is -5.54. The van der Waals surface area contributed by atoms with E-state index >= 15 is 0 Å². The molecule has 0 amide bonds. The number of Topliss-reactive ketones (excluding diaryl/α,β-unsaturated/α-hetero) is 1. The van der Waals surface area contributed by atoms with Crippen molar-refractivity contribution >= 4 is 22.2 Å². The molecule has 1 heterocycles. The highest BCUT2D eigenvalue weighted by molar-refractivity contribution is 6.12. The Morgan fingerprint density at radius 3 is 2.31 bits per heavy atom. The Morgan fingerprint density at radius 1 is 1.11 bits per heavy atom. The molecule has 3 aromatic rings. The summed E-state index contributed by atoms with van der Waals surface area (Å²) in [4.78, 5) is 25.1. The summed E-state index contributed by atoms with van der Waals surface area (Å²) in [6.45, 7) is 1.35. The monoisotopic (exact) mass is 500 g/mol. The molecule has 0 spiro atoms. The number of fused-ring (bicyclic) bond motifs is 1. The molecule has 3 N–H and O–H groups in total. The third kappa shape index (κ3) is 3.95. The van der Waals surface area contributed by atoms with E-state index in [1.165, 1.54) is 13.0 Å². The number of hydrogen-bond donors (Lipinski definition) is 2. The molecule has 0 bridgehead atoms. The van der Waals surface area contributed by atoms with Crippen molar-refractivity contribution in [1.82, 2.24) is 5.16 Å². The summed E-state index contributed by atoms with van der Waals surface area (Å²) in [5.41, 5.74) is -3.60. The second kappa shape index (κ2) is 7.80. The van der Waals surface area contributed by atoms with E-state index in [2.05, 4.69) is 9.68 Å². The summed E-state index contributed by atoms with van der Waals surface area (Å²) in [6.07, 6.45) is -11.9. The topological polar surface area (TPSA) is 106 Å². The molecule has 0 radical (unpaired) electrons. The molecule has 2 aromatic carbocycles. The van der Waals surface area contributed by atoms with Gasteiger partial charge in [-0.05, 0) is 48.9 Å². The van der Waals surface area contributed by atoms with Gasteiger partial charge in [-0.3, -0.25) is 4.79 Å². The molecule has 12 heteroatoms. The Balaban J connectivity index is 1.85. The zero-order chi connectivity index (χ0) is 26.0. The van der Waals surface area contributed by atoms with Crippen molar-refractivity contribution in [2.75, 3.05) is 5.73 Å². The summed E-state index contributed by atoms with van der Waals surface area (Å²) in [5.74, 6) is -1.84. The van der Waals surface area contributed by atoms with Crippen molar-refractivity contribution < 1.29 is 40.8 Å². The lowest BCUT2D eigenvalue weighted by Gasteiger charge is -2.34. The van der Waals surface area contributed by atoms with Crippen LogP contribution < -0.4 is 11.4 Å². The molecule has 0 saturated heterocycles. The van der Waals surface area contributed by atoms with Crippen LogP contribution in [-0.2, 0) is 11.6 Å². The van der Waals surface area contributed by atoms with Crippen LogP contribution in [0.2, 0.25) is 0 Å². The van der Waals surface area contributed by atoms with E-state index in [-0.39, 0.29) is 29.3 Å². The number of anilines is 1. The first-order valence-corrected chi connectivity index (χ1v) is 10.3. The molecule has 1 aliphatic carbocycles. The fourth-order valence-electron chi connectivity index (χ4n) is 4.49. The van der Waals surface area contributed by atoms with Crippen LogP contribution in [0, 0.1) is 6.92 Å². The van der Waals surface area contributed by atoms with Crippen molar-refractivity contribution in [2.45, 2.75) is 49.6 Å². The van der Waals surface area contributed by atoms with Crippen LogP contribution in [0.25, 0.3) is 10.8 Å². The van der Waals surface area contributed by atoms with Crippen molar-refractivity contribution in [3.63, 3.8) is 0 Å². The standard InChI is InChI=1S/C23H18F6N2O4/c1-11-16-12(19(33)35-31-11)6-7-13(17(16)30)18(32)21(34,23(27,28)29)10-20(8-9-20)14-4-2-3-5-15(14)22(24,25)26/h2-7,34H,8-10,30H2,1H3. The first-order valence-electron chi connectivity index (χ1n) is 10.3. The van der Waals surface area contributed by atoms with Crippen molar-refractivity contribution in [1.29, 1.82) is 0 Å². The van der Waals surface area contributed by atoms with Crippen LogP contribution in [0.5, 0.6) is 0 Å². The highest BCUT2D eigenvalue weighted by atomic mass is 19.4. The number of nitrogen functional groups attached to an aromatic ring is 1. The molecular formula is C23H18F6N2O4. The summed E-state index contributed by atoms with van der Waals surface area (Å²) >= 11 is 0.